The van der Waals surface area contributed by atoms with Gasteiger partial charge in [0.2, 0.25) is 0 Å². The number of carbonyl (C=O) groups is 1. The number of hydrogen-bond donors (Lipinski definition) is 0. The zero-order chi connectivity index (χ0) is 12.8. The van der Waals surface area contributed by atoms with E-state index in [-0.39, 0.29) is 12.1 Å². The van der Waals surface area contributed by atoms with Crippen molar-refractivity contribution in [3.05, 3.63) is 35.9 Å². The Kier molecular flexibility index (Phi) is 4.76. The molecule has 0 unspecified atom stereocenters. The second kappa shape index (κ2) is 6.55. The third-order valence-electron chi connectivity index (χ3n) is 3.34. The van der Waals surface area contributed by atoms with E-state index in [0.717, 1.165) is 18.4 Å². The lowest BCUT2D eigenvalue weighted by Gasteiger charge is -2.28. The molecule has 3 nitrogen and oxygen atoms in total. The second-order valence-corrected chi connectivity index (χ2v) is 4.83. The van der Waals surface area contributed by atoms with Crippen LogP contribution in [0, 0.1) is 5.92 Å². The molecule has 0 bridgehead atoms. The van der Waals surface area contributed by atoms with Crippen LogP contribution in [0.5, 0.6) is 0 Å². The standard InChI is InChI=1S/C15H20O3/c1-2-12-8-14(18-15(16)9-12)11-17-10-13-6-4-3-5-7-13/h3-7,12,14H,2,8-11H2,1H3/t12-,14+/m0/s1. The molecule has 1 heterocycles. The summed E-state index contributed by atoms with van der Waals surface area (Å²) >= 11 is 0. The van der Waals surface area contributed by atoms with Crippen molar-refractivity contribution in [1.29, 1.82) is 0 Å². The predicted octanol–water partition coefficient (Wildman–Crippen LogP) is 2.94. The molecule has 0 aromatic heterocycles. The van der Waals surface area contributed by atoms with Gasteiger partial charge in [-0.2, -0.15) is 0 Å². The number of benzene rings is 1. The fourth-order valence-corrected chi connectivity index (χ4v) is 2.27. The van der Waals surface area contributed by atoms with Crippen molar-refractivity contribution in [2.75, 3.05) is 6.61 Å². The Morgan fingerprint density at radius 2 is 2.11 bits per heavy atom. The van der Waals surface area contributed by atoms with Crippen LogP contribution < -0.4 is 0 Å². The number of carbonyl (C=O) groups excluding carboxylic acids is 1. The van der Waals surface area contributed by atoms with Gasteiger partial charge in [-0.25, -0.2) is 0 Å². The first kappa shape index (κ1) is 13.1. The fourth-order valence-electron chi connectivity index (χ4n) is 2.27. The van der Waals surface area contributed by atoms with E-state index in [4.69, 9.17) is 9.47 Å². The van der Waals surface area contributed by atoms with Gasteiger partial charge >= 0.3 is 5.97 Å². The maximum Gasteiger partial charge on any atom is 0.306 e. The van der Waals surface area contributed by atoms with Crippen LogP contribution in [0.1, 0.15) is 31.7 Å². The number of esters is 1. The highest BCUT2D eigenvalue weighted by atomic mass is 16.6. The molecule has 0 amide bonds. The van der Waals surface area contributed by atoms with E-state index in [2.05, 4.69) is 6.92 Å². The van der Waals surface area contributed by atoms with Gasteiger partial charge in [0.1, 0.15) is 6.10 Å². The SMILES string of the molecule is CC[C@@H]1CC(=O)O[C@@H](COCc2ccccc2)C1. The first-order valence-corrected chi connectivity index (χ1v) is 6.59. The molecule has 1 aromatic rings. The van der Waals surface area contributed by atoms with Crippen LogP contribution in [0.2, 0.25) is 0 Å². The Balaban J connectivity index is 1.74. The molecular weight excluding hydrogens is 228 g/mol. The quantitative estimate of drug-likeness (QED) is 0.752. The van der Waals surface area contributed by atoms with Crippen LogP contribution in [0.25, 0.3) is 0 Å². The van der Waals surface area contributed by atoms with Crippen molar-refractivity contribution in [2.45, 2.75) is 38.9 Å². The number of cyclic esters (lactones) is 1. The number of rotatable bonds is 5. The molecule has 98 valence electrons. The zero-order valence-corrected chi connectivity index (χ0v) is 10.8. The highest BCUT2D eigenvalue weighted by molar-refractivity contribution is 5.70. The molecule has 1 aliphatic rings. The van der Waals surface area contributed by atoms with Gasteiger partial charge in [-0.1, -0.05) is 43.7 Å². The minimum atomic E-state index is -0.0820. The molecule has 1 aliphatic heterocycles. The van der Waals surface area contributed by atoms with E-state index < -0.39 is 0 Å². The largest absolute Gasteiger partial charge is 0.460 e. The van der Waals surface area contributed by atoms with Crippen LogP contribution in [0.3, 0.4) is 0 Å². The van der Waals surface area contributed by atoms with Crippen LogP contribution in [0.15, 0.2) is 30.3 Å². The Morgan fingerprint density at radius 1 is 1.33 bits per heavy atom. The molecular formula is C15H20O3. The molecule has 0 N–H and O–H groups in total. The lowest BCUT2D eigenvalue weighted by Crippen LogP contribution is -2.32. The maximum absolute atomic E-state index is 11.4. The summed E-state index contributed by atoms with van der Waals surface area (Å²) in [5, 5.41) is 0. The third-order valence-corrected chi connectivity index (χ3v) is 3.34. The van der Waals surface area contributed by atoms with Gasteiger partial charge in [0.05, 0.1) is 13.2 Å². The minimum absolute atomic E-state index is 0.0695. The summed E-state index contributed by atoms with van der Waals surface area (Å²) in [5.41, 5.74) is 1.15. The van der Waals surface area contributed by atoms with Crippen molar-refractivity contribution < 1.29 is 14.3 Å². The van der Waals surface area contributed by atoms with Gasteiger partial charge < -0.3 is 9.47 Å². The van der Waals surface area contributed by atoms with Gasteiger partial charge in [0, 0.05) is 6.42 Å². The van der Waals surface area contributed by atoms with E-state index in [1.54, 1.807) is 0 Å². The Labute approximate surface area is 108 Å². The van der Waals surface area contributed by atoms with Gasteiger partial charge in [-0.05, 0) is 17.9 Å². The molecule has 2 atom stereocenters. The first-order valence-electron chi connectivity index (χ1n) is 6.59. The highest BCUT2D eigenvalue weighted by Crippen LogP contribution is 2.24. The van der Waals surface area contributed by atoms with Crippen LogP contribution in [-0.4, -0.2) is 18.7 Å². The summed E-state index contributed by atoms with van der Waals surface area (Å²) in [6, 6.07) is 10.0. The fraction of sp³-hybridized carbons (Fsp3) is 0.533. The van der Waals surface area contributed by atoms with Crippen LogP contribution in [-0.2, 0) is 20.9 Å². The van der Waals surface area contributed by atoms with E-state index in [9.17, 15) is 4.79 Å². The van der Waals surface area contributed by atoms with E-state index in [1.165, 1.54) is 0 Å². The molecule has 0 spiro atoms. The number of ether oxygens (including phenoxy) is 2. The van der Waals surface area contributed by atoms with Crippen molar-refractivity contribution in [3.63, 3.8) is 0 Å². The molecule has 0 aliphatic carbocycles. The van der Waals surface area contributed by atoms with Crippen molar-refractivity contribution in [1.82, 2.24) is 0 Å². The van der Waals surface area contributed by atoms with E-state index in [0.29, 0.717) is 25.6 Å². The Bertz CT molecular complexity index is 375. The molecule has 0 saturated carbocycles. The molecule has 0 radical (unpaired) electrons. The maximum atomic E-state index is 11.4. The second-order valence-electron chi connectivity index (χ2n) is 4.83. The topological polar surface area (TPSA) is 35.5 Å². The van der Waals surface area contributed by atoms with Gasteiger partial charge in [0.15, 0.2) is 0 Å². The molecule has 1 aromatic carbocycles. The lowest BCUT2D eigenvalue weighted by atomic mass is 9.93. The van der Waals surface area contributed by atoms with Crippen molar-refractivity contribution in [3.8, 4) is 0 Å². The average Bonchev–Trinajstić information content (AvgIpc) is 2.39. The van der Waals surface area contributed by atoms with Gasteiger partial charge in [0.25, 0.3) is 0 Å². The summed E-state index contributed by atoms with van der Waals surface area (Å²) < 4.78 is 10.9. The summed E-state index contributed by atoms with van der Waals surface area (Å²) in [6.45, 7) is 3.19. The van der Waals surface area contributed by atoms with E-state index in [1.807, 2.05) is 30.3 Å². The van der Waals surface area contributed by atoms with Crippen molar-refractivity contribution in [2.24, 2.45) is 5.92 Å². The zero-order valence-electron chi connectivity index (χ0n) is 10.8. The monoisotopic (exact) mass is 248 g/mol. The summed E-state index contributed by atoms with van der Waals surface area (Å²) in [7, 11) is 0. The van der Waals surface area contributed by atoms with Crippen LogP contribution in [0.4, 0.5) is 0 Å². The summed E-state index contributed by atoms with van der Waals surface area (Å²) in [6.07, 6.45) is 2.45. The average molecular weight is 248 g/mol. The van der Waals surface area contributed by atoms with Crippen LogP contribution >= 0.6 is 0 Å². The molecule has 1 saturated heterocycles. The Morgan fingerprint density at radius 3 is 2.83 bits per heavy atom. The molecule has 18 heavy (non-hydrogen) atoms. The Hall–Kier alpha value is -1.35. The summed E-state index contributed by atoms with van der Waals surface area (Å²) in [4.78, 5) is 11.4. The normalized spacial score (nSPS) is 23.7. The highest BCUT2D eigenvalue weighted by Gasteiger charge is 2.27. The first-order chi connectivity index (χ1) is 8.78. The number of hydrogen-bond acceptors (Lipinski definition) is 3. The van der Waals surface area contributed by atoms with Gasteiger partial charge in [-0.15, -0.1) is 0 Å². The third kappa shape index (κ3) is 3.84. The lowest BCUT2D eigenvalue weighted by molar-refractivity contribution is -0.161. The summed E-state index contributed by atoms with van der Waals surface area (Å²) in [5.74, 6) is 0.373. The molecule has 2 rings (SSSR count). The predicted molar refractivity (Wildman–Crippen MR) is 69.0 cm³/mol. The van der Waals surface area contributed by atoms with E-state index >= 15 is 0 Å². The van der Waals surface area contributed by atoms with Gasteiger partial charge in [-0.3, -0.25) is 4.79 Å². The molecule has 3 heteroatoms. The smallest absolute Gasteiger partial charge is 0.306 e. The van der Waals surface area contributed by atoms with Crippen molar-refractivity contribution >= 4 is 5.97 Å². The molecule has 1 fully saturated rings. The minimum Gasteiger partial charge on any atom is -0.460 e.